The Morgan fingerprint density at radius 1 is 1.14 bits per heavy atom. The summed E-state index contributed by atoms with van der Waals surface area (Å²) in [6, 6.07) is 4.17. The molecule has 0 saturated carbocycles. The van der Waals surface area contributed by atoms with Gasteiger partial charge >= 0.3 is 11.9 Å². The van der Waals surface area contributed by atoms with Crippen LogP contribution in [0.5, 0.6) is 5.75 Å². The summed E-state index contributed by atoms with van der Waals surface area (Å²) in [6.45, 7) is 1.29. The number of carbonyl (C=O) groups is 3. The summed E-state index contributed by atoms with van der Waals surface area (Å²) in [5, 5.41) is 14.7. The molecular weight excluding hydrogens is 292 g/mol. The predicted octanol–water partition coefficient (Wildman–Crippen LogP) is 0.992. The van der Waals surface area contributed by atoms with Crippen LogP contribution in [0.3, 0.4) is 0 Å². The molecule has 0 radical (unpaired) electrons. The molecule has 1 aromatic carbocycles. The first-order valence-corrected chi connectivity index (χ1v) is 6.13. The Kier molecular flexibility index (Phi) is 5.94. The van der Waals surface area contributed by atoms with Crippen molar-refractivity contribution in [2.75, 3.05) is 24.9 Å². The summed E-state index contributed by atoms with van der Waals surface area (Å²) in [5.41, 5.74) is 0.343. The highest BCUT2D eigenvalue weighted by Crippen LogP contribution is 2.27. The highest BCUT2D eigenvalue weighted by Gasteiger charge is 2.14. The number of esters is 2. The van der Waals surface area contributed by atoms with E-state index in [4.69, 9.17) is 0 Å². The van der Waals surface area contributed by atoms with Crippen LogP contribution in [-0.4, -0.2) is 37.2 Å². The molecule has 0 spiro atoms. The summed E-state index contributed by atoms with van der Waals surface area (Å²) in [6.07, 6.45) is 0.927. The van der Waals surface area contributed by atoms with E-state index in [9.17, 15) is 19.5 Å². The molecule has 0 bridgehead atoms. The van der Waals surface area contributed by atoms with Gasteiger partial charge in [0.15, 0.2) is 0 Å². The molecule has 1 rings (SSSR count). The van der Waals surface area contributed by atoms with Crippen LogP contribution >= 0.6 is 0 Å². The van der Waals surface area contributed by atoms with Crippen LogP contribution in [0, 0.1) is 0 Å². The lowest BCUT2D eigenvalue weighted by Crippen LogP contribution is -2.15. The number of amides is 1. The van der Waals surface area contributed by atoms with E-state index < -0.39 is 11.9 Å². The molecule has 1 aromatic rings. The van der Waals surface area contributed by atoms with Crippen LogP contribution in [0.4, 0.5) is 11.4 Å². The molecule has 0 unspecified atom stereocenters. The third kappa shape index (κ3) is 4.82. The molecule has 0 saturated heterocycles. The third-order valence-electron chi connectivity index (χ3n) is 2.45. The standard InChI is InChI=1S/C14H16N2O6/c1-8(17)15-10-6-9(4-5-12(10)18)16-11(14(20)22-3)7-13(19)21-2/h4-7,16,18H,1-3H3,(H,15,17)/b11-7+. The highest BCUT2D eigenvalue weighted by atomic mass is 16.5. The van der Waals surface area contributed by atoms with Crippen molar-refractivity contribution in [3.63, 3.8) is 0 Å². The number of hydrogen-bond donors (Lipinski definition) is 3. The Hall–Kier alpha value is -3.03. The van der Waals surface area contributed by atoms with Crippen LogP contribution in [0.15, 0.2) is 30.0 Å². The lowest BCUT2D eigenvalue weighted by Gasteiger charge is -2.11. The number of methoxy groups -OCH3 is 2. The molecule has 118 valence electrons. The second kappa shape index (κ2) is 7.67. The van der Waals surface area contributed by atoms with E-state index in [1.54, 1.807) is 0 Å². The zero-order valence-electron chi connectivity index (χ0n) is 12.3. The van der Waals surface area contributed by atoms with Gasteiger partial charge in [-0.2, -0.15) is 0 Å². The fourth-order valence-corrected chi connectivity index (χ4v) is 1.49. The molecule has 0 fully saturated rings. The van der Waals surface area contributed by atoms with Crippen molar-refractivity contribution in [1.82, 2.24) is 0 Å². The summed E-state index contributed by atoms with van der Waals surface area (Å²) < 4.78 is 9.00. The Labute approximate surface area is 126 Å². The van der Waals surface area contributed by atoms with E-state index in [1.807, 2.05) is 0 Å². The van der Waals surface area contributed by atoms with Crippen molar-refractivity contribution < 1.29 is 29.0 Å². The molecule has 3 N–H and O–H groups in total. The number of anilines is 2. The number of nitrogens with one attached hydrogen (secondary N) is 2. The Morgan fingerprint density at radius 3 is 2.36 bits per heavy atom. The van der Waals surface area contributed by atoms with Crippen LogP contribution in [-0.2, 0) is 23.9 Å². The van der Waals surface area contributed by atoms with E-state index in [0.29, 0.717) is 5.69 Å². The monoisotopic (exact) mass is 308 g/mol. The van der Waals surface area contributed by atoms with E-state index in [0.717, 1.165) is 13.2 Å². The van der Waals surface area contributed by atoms with Gasteiger partial charge in [0.2, 0.25) is 5.91 Å². The summed E-state index contributed by atoms with van der Waals surface area (Å²) in [4.78, 5) is 33.9. The van der Waals surface area contributed by atoms with Crippen LogP contribution in [0.25, 0.3) is 0 Å². The Morgan fingerprint density at radius 2 is 1.82 bits per heavy atom. The normalized spacial score (nSPS) is 10.6. The fourth-order valence-electron chi connectivity index (χ4n) is 1.49. The molecule has 0 heterocycles. The van der Waals surface area contributed by atoms with E-state index in [1.165, 1.54) is 32.2 Å². The summed E-state index contributed by atoms with van der Waals surface area (Å²) >= 11 is 0. The van der Waals surface area contributed by atoms with Gasteiger partial charge in [0, 0.05) is 12.6 Å². The number of phenols is 1. The molecule has 8 nitrogen and oxygen atoms in total. The maximum absolute atomic E-state index is 11.6. The van der Waals surface area contributed by atoms with Gasteiger partial charge in [-0.1, -0.05) is 0 Å². The largest absolute Gasteiger partial charge is 0.506 e. The van der Waals surface area contributed by atoms with Gasteiger partial charge < -0.3 is 25.2 Å². The zero-order chi connectivity index (χ0) is 16.7. The average Bonchev–Trinajstić information content (AvgIpc) is 2.48. The maximum Gasteiger partial charge on any atom is 0.354 e. The number of phenolic OH excluding ortho intramolecular Hbond substituents is 1. The molecule has 1 amide bonds. The van der Waals surface area contributed by atoms with Gasteiger partial charge in [-0.25, -0.2) is 9.59 Å². The molecule has 0 atom stereocenters. The topological polar surface area (TPSA) is 114 Å². The number of benzene rings is 1. The van der Waals surface area contributed by atoms with E-state index in [2.05, 4.69) is 20.1 Å². The second-order valence-electron chi connectivity index (χ2n) is 4.11. The fraction of sp³-hybridized carbons (Fsp3) is 0.214. The van der Waals surface area contributed by atoms with Gasteiger partial charge in [0.25, 0.3) is 0 Å². The number of ether oxygens (including phenoxy) is 2. The first kappa shape index (κ1) is 17.0. The number of rotatable bonds is 5. The van der Waals surface area contributed by atoms with Gasteiger partial charge in [-0.05, 0) is 18.2 Å². The maximum atomic E-state index is 11.6. The lowest BCUT2D eigenvalue weighted by atomic mass is 10.2. The van der Waals surface area contributed by atoms with E-state index in [-0.39, 0.29) is 23.0 Å². The molecule has 0 aliphatic rings. The molecule has 0 aromatic heterocycles. The molecule has 8 heteroatoms. The van der Waals surface area contributed by atoms with Crippen molar-refractivity contribution in [2.45, 2.75) is 6.92 Å². The van der Waals surface area contributed by atoms with Gasteiger partial charge in [0.05, 0.1) is 26.0 Å². The van der Waals surface area contributed by atoms with Crippen molar-refractivity contribution in [1.29, 1.82) is 0 Å². The molecule has 22 heavy (non-hydrogen) atoms. The molecular formula is C14H16N2O6. The second-order valence-corrected chi connectivity index (χ2v) is 4.11. The summed E-state index contributed by atoms with van der Waals surface area (Å²) in [5.74, 6) is -2.03. The zero-order valence-corrected chi connectivity index (χ0v) is 12.3. The SMILES string of the molecule is COC(=O)/C=C(/Nc1ccc(O)c(NC(C)=O)c1)C(=O)OC. The molecule has 0 aliphatic heterocycles. The minimum absolute atomic E-state index is 0.141. The predicted molar refractivity (Wildman–Crippen MR) is 78.1 cm³/mol. The smallest absolute Gasteiger partial charge is 0.354 e. The quantitative estimate of drug-likeness (QED) is 0.322. The molecule has 0 aliphatic carbocycles. The Balaban J connectivity index is 3.08. The third-order valence-corrected chi connectivity index (χ3v) is 2.45. The van der Waals surface area contributed by atoms with Crippen LogP contribution in [0.2, 0.25) is 0 Å². The average molecular weight is 308 g/mol. The number of hydrogen-bond acceptors (Lipinski definition) is 7. The Bertz CT molecular complexity index is 624. The van der Waals surface area contributed by atoms with Gasteiger partial charge in [-0.3, -0.25) is 4.79 Å². The van der Waals surface area contributed by atoms with Crippen LogP contribution < -0.4 is 10.6 Å². The van der Waals surface area contributed by atoms with Crippen molar-refractivity contribution >= 4 is 29.2 Å². The highest BCUT2D eigenvalue weighted by molar-refractivity contribution is 5.99. The lowest BCUT2D eigenvalue weighted by molar-refractivity contribution is -0.138. The van der Waals surface area contributed by atoms with Gasteiger partial charge in [0.1, 0.15) is 11.4 Å². The number of carbonyl (C=O) groups excluding carboxylic acids is 3. The minimum Gasteiger partial charge on any atom is -0.506 e. The van der Waals surface area contributed by atoms with E-state index >= 15 is 0 Å². The minimum atomic E-state index is -0.778. The van der Waals surface area contributed by atoms with Crippen molar-refractivity contribution in [2.24, 2.45) is 0 Å². The van der Waals surface area contributed by atoms with Crippen molar-refractivity contribution in [3.8, 4) is 5.75 Å². The van der Waals surface area contributed by atoms with Gasteiger partial charge in [-0.15, -0.1) is 0 Å². The van der Waals surface area contributed by atoms with Crippen molar-refractivity contribution in [3.05, 3.63) is 30.0 Å². The summed E-state index contributed by atoms with van der Waals surface area (Å²) in [7, 11) is 2.33. The van der Waals surface area contributed by atoms with Crippen LogP contribution in [0.1, 0.15) is 6.92 Å². The number of aromatic hydroxyl groups is 1. The first-order chi connectivity index (χ1) is 10.4. The first-order valence-electron chi connectivity index (χ1n) is 6.13.